The standard InChI is InChI=1S/C10H12N2O3/c11-8-5-7-1-2-12(15-4-3-13)9(7)6-10(8)14/h1-2,5-6,13-14H,3-4,11H2. The highest BCUT2D eigenvalue weighted by atomic mass is 16.7. The maximum Gasteiger partial charge on any atom is 0.140 e. The van der Waals surface area contributed by atoms with Crippen LogP contribution in [0, 0.1) is 0 Å². The molecule has 80 valence electrons. The molecule has 0 unspecified atom stereocenters. The Morgan fingerprint density at radius 2 is 2.20 bits per heavy atom. The Balaban J connectivity index is 2.45. The molecule has 0 saturated heterocycles. The summed E-state index contributed by atoms with van der Waals surface area (Å²) in [4.78, 5) is 5.22. The molecule has 0 amide bonds. The molecule has 0 radical (unpaired) electrons. The Morgan fingerprint density at radius 3 is 2.93 bits per heavy atom. The third-order valence-corrected chi connectivity index (χ3v) is 2.12. The molecule has 0 bridgehead atoms. The summed E-state index contributed by atoms with van der Waals surface area (Å²) in [5.74, 6) is 0.0232. The summed E-state index contributed by atoms with van der Waals surface area (Å²) in [6, 6.07) is 5.02. The second-order valence-electron chi connectivity index (χ2n) is 3.17. The van der Waals surface area contributed by atoms with Gasteiger partial charge in [0, 0.05) is 17.6 Å². The normalized spacial score (nSPS) is 10.7. The van der Waals surface area contributed by atoms with Crippen molar-refractivity contribution in [3.8, 4) is 5.75 Å². The molecule has 2 rings (SSSR count). The summed E-state index contributed by atoms with van der Waals surface area (Å²) in [5, 5.41) is 18.9. The number of nitrogens with two attached hydrogens (primary N) is 1. The fourth-order valence-electron chi connectivity index (χ4n) is 1.42. The largest absolute Gasteiger partial charge is 0.506 e. The average Bonchev–Trinajstić information content (AvgIpc) is 2.59. The van der Waals surface area contributed by atoms with Crippen molar-refractivity contribution in [2.75, 3.05) is 18.9 Å². The van der Waals surface area contributed by atoms with Crippen molar-refractivity contribution in [2.24, 2.45) is 0 Å². The molecule has 2 aromatic rings. The highest BCUT2D eigenvalue weighted by Gasteiger charge is 2.05. The first-order valence-corrected chi connectivity index (χ1v) is 4.56. The molecule has 1 aromatic heterocycles. The van der Waals surface area contributed by atoms with E-state index >= 15 is 0 Å². The molecular weight excluding hydrogens is 196 g/mol. The Hall–Kier alpha value is -1.88. The van der Waals surface area contributed by atoms with Gasteiger partial charge in [-0.1, -0.05) is 0 Å². The first kappa shape index (κ1) is 9.67. The zero-order valence-corrected chi connectivity index (χ0v) is 8.05. The predicted octanol–water partition coefficient (Wildman–Crippen LogP) is 0.350. The molecule has 15 heavy (non-hydrogen) atoms. The zero-order valence-electron chi connectivity index (χ0n) is 8.05. The van der Waals surface area contributed by atoms with E-state index in [2.05, 4.69) is 0 Å². The smallest absolute Gasteiger partial charge is 0.140 e. The molecule has 5 nitrogen and oxygen atoms in total. The summed E-state index contributed by atoms with van der Waals surface area (Å²) in [7, 11) is 0. The van der Waals surface area contributed by atoms with Crippen molar-refractivity contribution >= 4 is 16.6 Å². The summed E-state index contributed by atoms with van der Waals surface area (Å²) < 4.78 is 1.49. The van der Waals surface area contributed by atoms with Crippen molar-refractivity contribution in [3.05, 3.63) is 24.4 Å². The van der Waals surface area contributed by atoms with Gasteiger partial charge in [0.1, 0.15) is 12.4 Å². The summed E-state index contributed by atoms with van der Waals surface area (Å²) in [5.41, 5.74) is 6.61. The number of nitrogen functional groups attached to an aromatic ring is 1. The average molecular weight is 208 g/mol. The van der Waals surface area contributed by atoms with Crippen molar-refractivity contribution in [1.29, 1.82) is 0 Å². The number of hydrogen-bond acceptors (Lipinski definition) is 4. The van der Waals surface area contributed by atoms with Crippen LogP contribution in [-0.2, 0) is 0 Å². The number of phenols is 1. The van der Waals surface area contributed by atoms with E-state index in [4.69, 9.17) is 15.7 Å². The number of hydrogen-bond donors (Lipinski definition) is 3. The minimum Gasteiger partial charge on any atom is -0.506 e. The molecule has 0 spiro atoms. The van der Waals surface area contributed by atoms with Gasteiger partial charge in [-0.05, 0) is 12.1 Å². The van der Waals surface area contributed by atoms with E-state index < -0.39 is 0 Å². The highest BCUT2D eigenvalue weighted by Crippen LogP contribution is 2.26. The first-order valence-electron chi connectivity index (χ1n) is 4.56. The van der Waals surface area contributed by atoms with Crippen molar-refractivity contribution in [3.63, 3.8) is 0 Å². The number of rotatable bonds is 3. The van der Waals surface area contributed by atoms with Crippen LogP contribution in [0.5, 0.6) is 5.75 Å². The minimum absolute atomic E-state index is 0.0232. The molecule has 4 N–H and O–H groups in total. The predicted molar refractivity (Wildman–Crippen MR) is 56.5 cm³/mol. The number of benzene rings is 1. The molecule has 1 heterocycles. The van der Waals surface area contributed by atoms with Gasteiger partial charge in [-0.3, -0.25) is 0 Å². The van der Waals surface area contributed by atoms with Gasteiger partial charge in [0.05, 0.1) is 17.8 Å². The number of aliphatic hydroxyl groups is 1. The lowest BCUT2D eigenvalue weighted by Gasteiger charge is -2.07. The van der Waals surface area contributed by atoms with Crippen molar-refractivity contribution < 1.29 is 15.1 Å². The number of nitrogens with zero attached hydrogens (tertiary/aromatic N) is 1. The van der Waals surface area contributed by atoms with E-state index in [0.29, 0.717) is 5.69 Å². The number of phenolic OH excluding ortho intramolecular Hbond substituents is 1. The molecule has 0 atom stereocenters. The summed E-state index contributed by atoms with van der Waals surface area (Å²) >= 11 is 0. The summed E-state index contributed by atoms with van der Waals surface area (Å²) in [6.45, 7) is 0.148. The van der Waals surface area contributed by atoms with Crippen molar-refractivity contribution in [2.45, 2.75) is 0 Å². The second-order valence-corrected chi connectivity index (χ2v) is 3.17. The maximum atomic E-state index is 9.44. The van der Waals surface area contributed by atoms with Crippen LogP contribution in [0.1, 0.15) is 0 Å². The van der Waals surface area contributed by atoms with E-state index in [0.717, 1.165) is 10.9 Å². The highest BCUT2D eigenvalue weighted by molar-refractivity contribution is 5.85. The summed E-state index contributed by atoms with van der Waals surface area (Å²) in [6.07, 6.45) is 1.71. The topological polar surface area (TPSA) is 80.6 Å². The van der Waals surface area contributed by atoms with Crippen LogP contribution in [0.4, 0.5) is 5.69 Å². The number of aliphatic hydroxyl groups excluding tert-OH is 1. The van der Waals surface area contributed by atoms with E-state index in [1.807, 2.05) is 6.07 Å². The Kier molecular flexibility index (Phi) is 2.39. The van der Waals surface area contributed by atoms with Crippen LogP contribution in [0.15, 0.2) is 24.4 Å². The fraction of sp³-hybridized carbons (Fsp3) is 0.200. The van der Waals surface area contributed by atoms with Gasteiger partial charge in [0.25, 0.3) is 0 Å². The van der Waals surface area contributed by atoms with Gasteiger partial charge < -0.3 is 20.8 Å². The fourth-order valence-corrected chi connectivity index (χ4v) is 1.42. The Labute approximate surface area is 86.3 Å². The SMILES string of the molecule is Nc1cc2ccn(OCCO)c2cc1O. The molecular formula is C10H12N2O3. The molecule has 1 aromatic carbocycles. The third kappa shape index (κ3) is 1.69. The third-order valence-electron chi connectivity index (χ3n) is 2.12. The monoisotopic (exact) mass is 208 g/mol. The Morgan fingerprint density at radius 1 is 1.40 bits per heavy atom. The molecule has 5 heteroatoms. The Bertz CT molecular complexity index is 479. The lowest BCUT2D eigenvalue weighted by Crippen LogP contribution is -2.13. The lowest BCUT2D eigenvalue weighted by atomic mass is 10.2. The molecule has 0 aliphatic rings. The second kappa shape index (κ2) is 3.70. The minimum atomic E-state index is -0.0549. The molecule has 0 aliphatic carbocycles. The molecule has 0 fully saturated rings. The van der Waals surface area contributed by atoms with E-state index in [9.17, 15) is 5.11 Å². The van der Waals surface area contributed by atoms with Gasteiger partial charge in [-0.25, -0.2) is 0 Å². The van der Waals surface area contributed by atoms with Crippen LogP contribution in [-0.4, -0.2) is 28.2 Å². The van der Waals surface area contributed by atoms with Gasteiger partial charge in [0.2, 0.25) is 0 Å². The van der Waals surface area contributed by atoms with Crippen LogP contribution in [0.25, 0.3) is 10.9 Å². The first-order chi connectivity index (χ1) is 7.22. The quantitative estimate of drug-likeness (QED) is 0.502. The number of anilines is 1. The maximum absolute atomic E-state index is 9.44. The lowest BCUT2D eigenvalue weighted by molar-refractivity contribution is 0.0832. The number of fused-ring (bicyclic) bond motifs is 1. The zero-order chi connectivity index (χ0) is 10.8. The van der Waals surface area contributed by atoms with Crippen LogP contribution >= 0.6 is 0 Å². The van der Waals surface area contributed by atoms with E-state index in [1.54, 1.807) is 12.3 Å². The van der Waals surface area contributed by atoms with Gasteiger partial charge in [0.15, 0.2) is 0 Å². The van der Waals surface area contributed by atoms with Gasteiger partial charge in [-0.2, -0.15) is 4.73 Å². The number of aromatic nitrogens is 1. The van der Waals surface area contributed by atoms with E-state index in [1.165, 1.54) is 10.8 Å². The van der Waals surface area contributed by atoms with Crippen LogP contribution in [0.2, 0.25) is 0 Å². The van der Waals surface area contributed by atoms with Gasteiger partial charge >= 0.3 is 0 Å². The van der Waals surface area contributed by atoms with Crippen LogP contribution in [0.3, 0.4) is 0 Å². The van der Waals surface area contributed by atoms with Gasteiger partial charge in [-0.15, -0.1) is 0 Å². The van der Waals surface area contributed by atoms with Crippen LogP contribution < -0.4 is 10.6 Å². The molecule has 0 aliphatic heterocycles. The van der Waals surface area contributed by atoms with E-state index in [-0.39, 0.29) is 19.0 Å². The molecule has 0 saturated carbocycles. The number of aromatic hydroxyl groups is 1. The van der Waals surface area contributed by atoms with Crippen molar-refractivity contribution in [1.82, 2.24) is 4.73 Å².